The first-order valence-electron chi connectivity index (χ1n) is 6.25. The molecule has 102 valence electrons. The largest absolute Gasteiger partial charge is 0.320 e. The lowest BCUT2D eigenvalue weighted by Gasteiger charge is -2.13. The molecule has 0 radical (unpaired) electrons. The lowest BCUT2D eigenvalue weighted by Crippen LogP contribution is -2.13. The molecule has 0 aliphatic heterocycles. The van der Waals surface area contributed by atoms with Crippen molar-refractivity contribution in [2.45, 2.75) is 13.0 Å². The van der Waals surface area contributed by atoms with Gasteiger partial charge >= 0.3 is 0 Å². The molecule has 1 atom stereocenters. The van der Waals surface area contributed by atoms with Crippen LogP contribution in [0, 0.1) is 12.7 Å². The van der Waals surface area contributed by atoms with E-state index in [4.69, 9.17) is 5.73 Å². The fourth-order valence-electron chi connectivity index (χ4n) is 2.35. The van der Waals surface area contributed by atoms with Crippen molar-refractivity contribution in [2.75, 3.05) is 0 Å². The molecule has 0 bridgehead atoms. The van der Waals surface area contributed by atoms with Crippen LogP contribution in [0.2, 0.25) is 0 Å². The lowest BCUT2D eigenvalue weighted by molar-refractivity contribution is 0.600. The van der Waals surface area contributed by atoms with Gasteiger partial charge in [-0.25, -0.2) is 4.39 Å². The number of hydrogen-bond donors (Lipinski definition) is 1. The summed E-state index contributed by atoms with van der Waals surface area (Å²) in [4.78, 5) is 0. The zero-order valence-electron chi connectivity index (χ0n) is 10.9. The van der Waals surface area contributed by atoms with Gasteiger partial charge < -0.3 is 5.73 Å². The van der Waals surface area contributed by atoms with Crippen molar-refractivity contribution in [3.63, 3.8) is 0 Å². The van der Waals surface area contributed by atoms with E-state index in [0.29, 0.717) is 5.56 Å². The summed E-state index contributed by atoms with van der Waals surface area (Å²) in [5, 5.41) is 3.10. The first-order valence-corrected chi connectivity index (χ1v) is 7.92. The van der Waals surface area contributed by atoms with E-state index < -0.39 is 6.04 Å². The van der Waals surface area contributed by atoms with E-state index in [1.807, 2.05) is 36.6 Å². The smallest absolute Gasteiger partial charge is 0.128 e. The predicted octanol–water partition coefficient (Wildman–Crippen LogP) is 5.16. The number of rotatable bonds is 2. The number of benzene rings is 2. The third-order valence-corrected chi connectivity index (χ3v) is 5.37. The third kappa shape index (κ3) is 2.28. The van der Waals surface area contributed by atoms with Crippen LogP contribution in [0.1, 0.15) is 22.7 Å². The Balaban J connectivity index is 2.15. The van der Waals surface area contributed by atoms with Gasteiger partial charge in [0, 0.05) is 14.7 Å². The summed E-state index contributed by atoms with van der Waals surface area (Å²) in [6, 6.07) is 10.6. The van der Waals surface area contributed by atoms with Crippen molar-refractivity contribution >= 4 is 37.4 Å². The fourth-order valence-corrected chi connectivity index (χ4v) is 4.01. The Labute approximate surface area is 129 Å². The average molecular weight is 350 g/mol. The molecule has 0 amide bonds. The quantitative estimate of drug-likeness (QED) is 0.679. The second kappa shape index (κ2) is 5.28. The number of fused-ring (bicyclic) bond motifs is 1. The highest BCUT2D eigenvalue weighted by Gasteiger charge is 2.18. The van der Waals surface area contributed by atoms with E-state index in [1.165, 1.54) is 6.07 Å². The Kier molecular flexibility index (Phi) is 3.63. The molecular weight excluding hydrogens is 337 g/mol. The maximum atomic E-state index is 14.0. The van der Waals surface area contributed by atoms with Crippen molar-refractivity contribution in [3.05, 3.63) is 68.8 Å². The number of nitrogens with two attached hydrogens (primary N) is 1. The Morgan fingerprint density at radius 3 is 2.80 bits per heavy atom. The van der Waals surface area contributed by atoms with Crippen LogP contribution in [0.15, 0.2) is 46.3 Å². The SMILES string of the molecule is Cc1ccc(F)c(C(N)c2csc3c(Br)cccc23)c1. The van der Waals surface area contributed by atoms with Gasteiger partial charge in [0.25, 0.3) is 0 Å². The average Bonchev–Trinajstić information content (AvgIpc) is 2.86. The zero-order valence-corrected chi connectivity index (χ0v) is 13.3. The van der Waals surface area contributed by atoms with E-state index in [0.717, 1.165) is 25.7 Å². The van der Waals surface area contributed by atoms with Crippen LogP contribution >= 0.6 is 27.3 Å². The van der Waals surface area contributed by atoms with Crippen LogP contribution in [0.5, 0.6) is 0 Å². The van der Waals surface area contributed by atoms with Gasteiger partial charge in [-0.15, -0.1) is 11.3 Å². The summed E-state index contributed by atoms with van der Waals surface area (Å²) in [7, 11) is 0. The molecule has 0 fully saturated rings. The van der Waals surface area contributed by atoms with Gasteiger partial charge in [0.1, 0.15) is 5.82 Å². The minimum absolute atomic E-state index is 0.252. The summed E-state index contributed by atoms with van der Waals surface area (Å²) in [5.41, 5.74) is 8.82. The van der Waals surface area contributed by atoms with E-state index in [9.17, 15) is 4.39 Å². The van der Waals surface area contributed by atoms with Gasteiger partial charge in [-0.3, -0.25) is 0 Å². The van der Waals surface area contributed by atoms with E-state index in [1.54, 1.807) is 17.4 Å². The highest BCUT2D eigenvalue weighted by molar-refractivity contribution is 9.10. The molecule has 20 heavy (non-hydrogen) atoms. The van der Waals surface area contributed by atoms with Gasteiger partial charge in [0.2, 0.25) is 0 Å². The van der Waals surface area contributed by atoms with E-state index in [-0.39, 0.29) is 5.82 Å². The normalized spacial score (nSPS) is 12.8. The first kappa shape index (κ1) is 13.7. The van der Waals surface area contributed by atoms with Gasteiger partial charge in [-0.1, -0.05) is 29.8 Å². The molecule has 0 saturated carbocycles. The summed E-state index contributed by atoms with van der Waals surface area (Å²) in [5.74, 6) is -0.252. The predicted molar refractivity (Wildman–Crippen MR) is 86.7 cm³/mol. The van der Waals surface area contributed by atoms with Crippen LogP contribution in [0.25, 0.3) is 10.1 Å². The van der Waals surface area contributed by atoms with Gasteiger partial charge in [0.15, 0.2) is 0 Å². The standard InChI is InChI=1S/C16H13BrFNS/c1-9-5-6-14(18)11(7-9)15(19)12-8-20-16-10(12)3-2-4-13(16)17/h2-8,15H,19H2,1H3. The molecule has 0 saturated heterocycles. The number of hydrogen-bond acceptors (Lipinski definition) is 2. The zero-order chi connectivity index (χ0) is 14.3. The minimum atomic E-state index is -0.446. The van der Waals surface area contributed by atoms with Crippen molar-refractivity contribution in [1.82, 2.24) is 0 Å². The molecule has 4 heteroatoms. The molecule has 1 aromatic heterocycles. The molecule has 3 aromatic rings. The summed E-state index contributed by atoms with van der Waals surface area (Å²) in [6.45, 7) is 1.94. The molecule has 2 N–H and O–H groups in total. The van der Waals surface area contributed by atoms with E-state index in [2.05, 4.69) is 15.9 Å². The van der Waals surface area contributed by atoms with Crippen LogP contribution in [0.3, 0.4) is 0 Å². The maximum absolute atomic E-state index is 14.0. The molecule has 0 aliphatic rings. The monoisotopic (exact) mass is 349 g/mol. The number of thiophene rings is 1. The highest BCUT2D eigenvalue weighted by Crippen LogP contribution is 2.36. The highest BCUT2D eigenvalue weighted by atomic mass is 79.9. The van der Waals surface area contributed by atoms with Crippen molar-refractivity contribution in [2.24, 2.45) is 5.73 Å². The minimum Gasteiger partial charge on any atom is -0.320 e. The molecule has 2 aromatic carbocycles. The van der Waals surface area contributed by atoms with Crippen molar-refractivity contribution in [1.29, 1.82) is 0 Å². The first-order chi connectivity index (χ1) is 9.58. The summed E-state index contributed by atoms with van der Waals surface area (Å²) < 4.78 is 16.2. The topological polar surface area (TPSA) is 26.0 Å². The summed E-state index contributed by atoms with van der Waals surface area (Å²) >= 11 is 5.16. The Morgan fingerprint density at radius 1 is 1.20 bits per heavy atom. The second-order valence-corrected chi connectivity index (χ2v) is 6.54. The van der Waals surface area contributed by atoms with Gasteiger partial charge in [-0.2, -0.15) is 0 Å². The van der Waals surface area contributed by atoms with Crippen molar-refractivity contribution < 1.29 is 4.39 Å². The molecule has 3 rings (SSSR count). The molecule has 1 heterocycles. The van der Waals surface area contributed by atoms with Crippen LogP contribution < -0.4 is 5.73 Å². The Morgan fingerprint density at radius 2 is 2.00 bits per heavy atom. The molecule has 1 nitrogen and oxygen atoms in total. The van der Waals surface area contributed by atoms with Gasteiger partial charge in [-0.05, 0) is 51.3 Å². The molecule has 1 unspecified atom stereocenters. The van der Waals surface area contributed by atoms with E-state index >= 15 is 0 Å². The number of halogens is 2. The molecule has 0 aliphatic carbocycles. The van der Waals surface area contributed by atoms with Crippen LogP contribution in [-0.4, -0.2) is 0 Å². The van der Waals surface area contributed by atoms with Crippen LogP contribution in [0.4, 0.5) is 4.39 Å². The molecule has 0 spiro atoms. The van der Waals surface area contributed by atoms with Gasteiger partial charge in [0.05, 0.1) is 6.04 Å². The second-order valence-electron chi connectivity index (χ2n) is 4.81. The summed E-state index contributed by atoms with van der Waals surface area (Å²) in [6.07, 6.45) is 0. The third-order valence-electron chi connectivity index (χ3n) is 3.40. The fraction of sp³-hybridized carbons (Fsp3) is 0.125. The Hall–Kier alpha value is -1.23. The maximum Gasteiger partial charge on any atom is 0.128 e. The molecular formula is C16H13BrFNS. The number of aryl methyl sites for hydroxylation is 1. The van der Waals surface area contributed by atoms with Crippen molar-refractivity contribution in [3.8, 4) is 0 Å². The Bertz CT molecular complexity index is 781. The van der Waals surface area contributed by atoms with Crippen LogP contribution in [-0.2, 0) is 0 Å². The lowest BCUT2D eigenvalue weighted by atomic mass is 9.97.